The Morgan fingerprint density at radius 1 is 0.910 bits per heavy atom. The highest BCUT2D eigenvalue weighted by Gasteiger charge is 2.44. The minimum atomic E-state index is -4.86. The van der Waals surface area contributed by atoms with Crippen LogP contribution in [-0.2, 0) is 48.2 Å². The molecule has 5 atom stereocenters. The van der Waals surface area contributed by atoms with E-state index in [1.165, 1.54) is 34.2 Å². The maximum atomic E-state index is 15.4. The highest BCUT2D eigenvalue weighted by molar-refractivity contribution is 7.13. The molecule has 7 rings (SSSR count). The summed E-state index contributed by atoms with van der Waals surface area (Å²) >= 11 is 1.54. The molecule has 1 unspecified atom stereocenters. The number of rotatable bonds is 22. The second kappa shape index (κ2) is 25.8. The van der Waals surface area contributed by atoms with Gasteiger partial charge >= 0.3 is 6.36 Å². The molecule has 6 N–H and O–H groups in total. The van der Waals surface area contributed by atoms with Crippen LogP contribution in [0.2, 0.25) is 0 Å². The number of hydrogen-bond acceptors (Lipinski definition) is 14. The minimum Gasteiger partial charge on any atom is -0.471 e. The van der Waals surface area contributed by atoms with E-state index in [4.69, 9.17) is 15.2 Å². The van der Waals surface area contributed by atoms with Crippen molar-refractivity contribution in [2.75, 3.05) is 39.4 Å². The van der Waals surface area contributed by atoms with Crippen LogP contribution >= 0.6 is 11.3 Å². The first-order chi connectivity index (χ1) is 37.0. The van der Waals surface area contributed by atoms with Crippen LogP contribution in [0.3, 0.4) is 0 Å². The average molecular weight is 1110 g/mol. The normalized spacial score (nSPS) is 18.0. The monoisotopic (exact) mass is 1110 g/mol. The molecule has 6 amide bonds. The topological polar surface area (TPSA) is 263 Å². The van der Waals surface area contributed by atoms with Gasteiger partial charge in [0.25, 0.3) is 5.91 Å². The number of piperidine rings is 1. The second-order valence-electron chi connectivity index (χ2n) is 20.1. The Kier molecular flexibility index (Phi) is 19.2. The molecule has 5 heterocycles. The Morgan fingerprint density at radius 3 is 2.29 bits per heavy atom. The van der Waals surface area contributed by atoms with Crippen molar-refractivity contribution in [3.05, 3.63) is 101 Å². The van der Waals surface area contributed by atoms with Crippen LogP contribution in [0, 0.1) is 12.3 Å². The number of primary amides is 1. The van der Waals surface area contributed by atoms with E-state index in [2.05, 4.69) is 35.6 Å². The maximum Gasteiger partial charge on any atom is 0.573 e. The smallest absolute Gasteiger partial charge is 0.471 e. The van der Waals surface area contributed by atoms with Gasteiger partial charge < -0.3 is 55.4 Å². The van der Waals surface area contributed by atoms with Crippen molar-refractivity contribution in [2.45, 2.75) is 110 Å². The van der Waals surface area contributed by atoms with Crippen LogP contribution in [0.5, 0.6) is 11.6 Å². The number of β-amino-alcohol motifs (C(OH)–C–C–N with tert-alkyl or cyclic N) is 1. The number of amides is 6. The van der Waals surface area contributed by atoms with Crippen molar-refractivity contribution < 1.29 is 65.6 Å². The van der Waals surface area contributed by atoms with Gasteiger partial charge in [0, 0.05) is 63.5 Å². The summed E-state index contributed by atoms with van der Waals surface area (Å²) in [6.07, 6.45) is -2.69. The number of alkyl halides is 4. The molecule has 25 heteroatoms. The number of imidazole rings is 1. The van der Waals surface area contributed by atoms with Crippen molar-refractivity contribution >= 4 is 46.8 Å². The van der Waals surface area contributed by atoms with Gasteiger partial charge in [0.15, 0.2) is 6.17 Å². The van der Waals surface area contributed by atoms with Crippen molar-refractivity contribution in [1.82, 2.24) is 45.3 Å². The van der Waals surface area contributed by atoms with E-state index in [9.17, 15) is 47.0 Å². The quantitative estimate of drug-likeness (QED) is 0.0467. The molecule has 20 nitrogen and oxygen atoms in total. The third-order valence-electron chi connectivity index (χ3n) is 13.0. The molecule has 0 saturated carbocycles. The molecule has 2 aliphatic rings. The molecule has 0 spiro atoms. The molecule has 418 valence electrons. The highest BCUT2D eigenvalue weighted by Crippen LogP contribution is 2.31. The number of unbranched alkanes of at least 4 members (excludes halogenated alkanes) is 1. The second-order valence-corrected chi connectivity index (χ2v) is 21.0. The number of hydrogen-bond donors (Lipinski definition) is 5. The number of benzene rings is 2. The molecule has 0 radical (unpaired) electrons. The molecule has 78 heavy (non-hydrogen) atoms. The lowest BCUT2D eigenvalue weighted by molar-refractivity contribution is -0.274. The van der Waals surface area contributed by atoms with Crippen molar-refractivity contribution in [3.8, 4) is 33.3 Å². The number of carbonyl (C=O) groups is 6. The molecule has 2 aliphatic heterocycles. The fourth-order valence-corrected chi connectivity index (χ4v) is 9.70. The number of aliphatic hydroxyl groups is 1. The lowest BCUT2D eigenvalue weighted by atomic mass is 9.85. The van der Waals surface area contributed by atoms with E-state index in [0.29, 0.717) is 42.8 Å². The summed E-state index contributed by atoms with van der Waals surface area (Å²) in [5.74, 6) is -4.00. The highest BCUT2D eigenvalue weighted by atomic mass is 32.1. The van der Waals surface area contributed by atoms with Crippen molar-refractivity contribution in [3.63, 3.8) is 0 Å². The fraction of sp³-hybridized carbons (Fsp3) is 0.453. The molecule has 3 aromatic heterocycles. The summed E-state index contributed by atoms with van der Waals surface area (Å²) in [5.41, 5.74) is 10.6. The van der Waals surface area contributed by atoms with Gasteiger partial charge in [-0.05, 0) is 60.1 Å². The van der Waals surface area contributed by atoms with Crippen LogP contribution in [0.4, 0.5) is 17.6 Å². The summed E-state index contributed by atoms with van der Waals surface area (Å²) < 4.78 is 69.7. The number of carbonyl (C=O) groups excluding carboxylic acids is 6. The molecule has 0 bridgehead atoms. The minimum absolute atomic E-state index is 0.0346. The summed E-state index contributed by atoms with van der Waals surface area (Å²) in [4.78, 5) is 95.1. The zero-order valence-corrected chi connectivity index (χ0v) is 44.2. The number of thiazole rings is 1. The molecular formula is C53H62F4N10O10S. The summed E-state index contributed by atoms with van der Waals surface area (Å²) in [6.45, 7) is 7.01. The van der Waals surface area contributed by atoms with Crippen LogP contribution in [0.1, 0.15) is 73.6 Å². The Labute approximate surface area is 451 Å². The Balaban J connectivity index is 0.798. The molecule has 2 saturated heterocycles. The van der Waals surface area contributed by atoms with Gasteiger partial charge in [-0.3, -0.25) is 28.8 Å². The number of pyridine rings is 1. The van der Waals surface area contributed by atoms with Crippen molar-refractivity contribution in [1.29, 1.82) is 0 Å². The fourth-order valence-electron chi connectivity index (χ4n) is 8.89. The number of aliphatic hydroxyl groups excluding tert-OH is 1. The van der Waals surface area contributed by atoms with Gasteiger partial charge in [-0.15, -0.1) is 24.5 Å². The van der Waals surface area contributed by atoms with Gasteiger partial charge in [0.2, 0.25) is 35.4 Å². The molecule has 5 aromatic rings. The standard InChI is InChI=1S/C53H62F4N10O10S/c1-31-46(78-30-63-31)34-11-7-33(8-12-34)22-60-49(73)41-21-36(68)24-67(41)51(74)47(52(2,3)4)64-44(70)28-75-27-43(69)59-16-5-6-17-65-26-40(62-29-65)35-20-38(48(58)72)50(61-23-35)76-42-15-18-66(25-39(42)54)45(71)19-32-9-13-37(14-10-32)77-53(55,56)57/h7-14,20,23,26,29-30,36,39,41-42,47,68H,5-6,15-19,21-22,24-25,27-28H2,1-4H3,(H2,58,72)(H,59,69)(H,60,73)(H,64,70)/t36-,39-,41+,42-,47?/m1/s1. The zero-order chi connectivity index (χ0) is 56.3. The van der Waals surface area contributed by atoms with E-state index >= 15 is 4.39 Å². The van der Waals surface area contributed by atoms with Crippen LogP contribution in [-0.4, -0.2) is 146 Å². The maximum absolute atomic E-state index is 15.4. The van der Waals surface area contributed by atoms with Gasteiger partial charge in [0.1, 0.15) is 42.7 Å². The lowest BCUT2D eigenvalue weighted by Crippen LogP contribution is -2.58. The summed E-state index contributed by atoms with van der Waals surface area (Å²) in [6, 6.07) is 11.9. The first-order valence-corrected chi connectivity index (χ1v) is 26.0. The van der Waals surface area contributed by atoms with Gasteiger partial charge in [-0.1, -0.05) is 57.2 Å². The number of ether oxygens (including phenoxy) is 3. The molecule has 2 fully saturated rings. The van der Waals surface area contributed by atoms with Crippen LogP contribution in [0.25, 0.3) is 21.7 Å². The third-order valence-corrected chi connectivity index (χ3v) is 14.0. The SMILES string of the molecule is Cc1ncsc1-c1ccc(CNC(=O)[C@@H]2C[C@@H](O)CN2C(=O)C(NC(=O)COCC(=O)NCCCCn2cnc(-c3cnc(O[C@@H]4CCN(C(=O)Cc5ccc(OC(F)(F)F)cc5)C[C@H]4F)c(C(N)=O)c3)c2)C(C)(C)C)cc1. The Bertz CT molecular complexity index is 2910. The number of halogens is 4. The number of aromatic nitrogens is 4. The van der Waals surface area contributed by atoms with Gasteiger partial charge in [-0.2, -0.15) is 0 Å². The van der Waals surface area contributed by atoms with Crippen LogP contribution in [0.15, 0.2) is 78.8 Å². The van der Waals surface area contributed by atoms with E-state index in [0.717, 1.165) is 33.8 Å². The Morgan fingerprint density at radius 2 is 1.63 bits per heavy atom. The predicted octanol–water partition coefficient (Wildman–Crippen LogP) is 4.66. The molecule has 0 aliphatic carbocycles. The first-order valence-electron chi connectivity index (χ1n) is 25.2. The number of nitrogens with two attached hydrogens (primary N) is 1. The number of nitrogens with one attached hydrogen (secondary N) is 3. The lowest BCUT2D eigenvalue weighted by Gasteiger charge is -2.35. The number of aryl methyl sites for hydroxylation is 2. The number of likely N-dealkylation sites (tertiary alicyclic amines) is 2. The van der Waals surface area contributed by atoms with Crippen LogP contribution < -0.4 is 31.2 Å². The predicted molar refractivity (Wildman–Crippen MR) is 276 cm³/mol. The molecule has 2 aromatic carbocycles. The van der Waals surface area contributed by atoms with E-state index in [1.807, 2.05) is 31.2 Å². The summed E-state index contributed by atoms with van der Waals surface area (Å²) in [7, 11) is 0. The van der Waals surface area contributed by atoms with Crippen molar-refractivity contribution in [2.24, 2.45) is 11.1 Å². The van der Waals surface area contributed by atoms with E-state index in [1.54, 1.807) is 54.7 Å². The van der Waals surface area contributed by atoms with E-state index in [-0.39, 0.29) is 56.9 Å². The van der Waals surface area contributed by atoms with E-state index < -0.39 is 96.6 Å². The number of nitrogens with zero attached hydrogens (tertiary/aromatic N) is 6. The third kappa shape index (κ3) is 16.0. The Hall–Kier alpha value is -7.51. The first kappa shape index (κ1) is 58.2. The average Bonchev–Trinajstić information content (AvgIpc) is 4.17. The van der Waals surface area contributed by atoms with Gasteiger partial charge in [-0.25, -0.2) is 19.3 Å². The molecular weight excluding hydrogens is 1040 g/mol. The largest absolute Gasteiger partial charge is 0.573 e. The zero-order valence-electron chi connectivity index (χ0n) is 43.4. The summed E-state index contributed by atoms with van der Waals surface area (Å²) in [5, 5.41) is 18.9. The van der Waals surface area contributed by atoms with Gasteiger partial charge in [0.05, 0.1) is 47.2 Å².